The van der Waals surface area contributed by atoms with E-state index in [2.05, 4.69) is 14.6 Å². The fourth-order valence-electron chi connectivity index (χ4n) is 4.39. The number of rotatable bonds is 9. The van der Waals surface area contributed by atoms with Crippen molar-refractivity contribution in [1.82, 2.24) is 14.9 Å². The predicted molar refractivity (Wildman–Crippen MR) is 148 cm³/mol. The van der Waals surface area contributed by atoms with Gasteiger partial charge in [0.25, 0.3) is 0 Å². The van der Waals surface area contributed by atoms with Crippen LogP contribution < -0.4 is 14.2 Å². The van der Waals surface area contributed by atoms with E-state index in [0.29, 0.717) is 29.5 Å². The molecule has 0 unspecified atom stereocenters. The van der Waals surface area contributed by atoms with E-state index in [1.807, 2.05) is 48.5 Å². The lowest BCUT2D eigenvalue weighted by Crippen LogP contribution is -2.38. The number of ether oxygens (including phenoxy) is 3. The number of para-hydroxylation sites is 1. The number of hydrogen-bond acceptors (Lipinski definition) is 8. The zero-order valence-electron chi connectivity index (χ0n) is 21.4. The van der Waals surface area contributed by atoms with E-state index < -0.39 is 10.0 Å². The molecule has 1 fully saturated rings. The van der Waals surface area contributed by atoms with Crippen molar-refractivity contribution in [2.45, 2.75) is 0 Å². The first-order chi connectivity index (χ1) is 18.4. The summed E-state index contributed by atoms with van der Waals surface area (Å²) in [4.78, 5) is 11.9. The number of hydrogen-bond donors (Lipinski definition) is 1. The summed E-state index contributed by atoms with van der Waals surface area (Å²) < 4.78 is 42.6. The van der Waals surface area contributed by atoms with Gasteiger partial charge in [0.2, 0.25) is 10.0 Å². The van der Waals surface area contributed by atoms with Gasteiger partial charge >= 0.3 is 0 Å². The van der Waals surface area contributed by atoms with E-state index in [1.165, 1.54) is 0 Å². The molecule has 198 valence electrons. The Morgan fingerprint density at radius 3 is 2.50 bits per heavy atom. The van der Waals surface area contributed by atoms with Crippen molar-refractivity contribution >= 4 is 26.7 Å². The van der Waals surface area contributed by atoms with Crippen molar-refractivity contribution in [3.63, 3.8) is 0 Å². The molecule has 1 aromatic heterocycles. The molecular formula is C28H30N4O5S. The third-order valence-corrected chi connectivity index (χ3v) is 6.91. The number of methoxy groups -OCH3 is 1. The summed E-state index contributed by atoms with van der Waals surface area (Å²) in [5, 5.41) is 0. The molecule has 0 aliphatic carbocycles. The van der Waals surface area contributed by atoms with E-state index in [9.17, 15) is 8.42 Å². The summed E-state index contributed by atoms with van der Waals surface area (Å²) in [6.07, 6.45) is 2.88. The molecule has 1 aliphatic heterocycles. The maximum atomic E-state index is 11.5. The number of aromatic nitrogens is 2. The van der Waals surface area contributed by atoms with Crippen molar-refractivity contribution in [3.8, 4) is 33.9 Å². The Bertz CT molecular complexity index is 1520. The van der Waals surface area contributed by atoms with Gasteiger partial charge in [-0.2, -0.15) is 0 Å². The maximum absolute atomic E-state index is 11.5. The van der Waals surface area contributed by atoms with Crippen LogP contribution in [0.15, 0.2) is 66.9 Å². The lowest BCUT2D eigenvalue weighted by atomic mass is 10.0. The monoisotopic (exact) mass is 534 g/mol. The van der Waals surface area contributed by atoms with Crippen LogP contribution in [0.3, 0.4) is 0 Å². The molecule has 0 bridgehead atoms. The summed E-state index contributed by atoms with van der Waals surface area (Å²) in [5.41, 5.74) is 5.39. The molecule has 3 aromatic carbocycles. The first-order valence-corrected chi connectivity index (χ1v) is 14.2. The molecule has 9 nitrogen and oxygen atoms in total. The zero-order valence-corrected chi connectivity index (χ0v) is 22.2. The fraction of sp³-hybridized carbons (Fsp3) is 0.286. The fourth-order valence-corrected chi connectivity index (χ4v) is 4.96. The molecule has 38 heavy (non-hydrogen) atoms. The van der Waals surface area contributed by atoms with E-state index in [1.54, 1.807) is 25.4 Å². The van der Waals surface area contributed by atoms with Crippen LogP contribution in [0, 0.1) is 0 Å². The summed E-state index contributed by atoms with van der Waals surface area (Å²) in [7, 11) is -1.72. The van der Waals surface area contributed by atoms with Gasteiger partial charge in [0.05, 0.1) is 49.5 Å². The van der Waals surface area contributed by atoms with Crippen LogP contribution in [-0.2, 0) is 14.8 Å². The van der Waals surface area contributed by atoms with Gasteiger partial charge in [0, 0.05) is 36.4 Å². The maximum Gasteiger partial charge on any atom is 0.229 e. The second kappa shape index (κ2) is 11.3. The molecule has 2 heterocycles. The quantitative estimate of drug-likeness (QED) is 0.343. The molecule has 1 aliphatic rings. The Kier molecular flexibility index (Phi) is 7.73. The molecule has 10 heteroatoms. The third kappa shape index (κ3) is 6.21. The van der Waals surface area contributed by atoms with Crippen molar-refractivity contribution in [3.05, 3.63) is 66.9 Å². The van der Waals surface area contributed by atoms with E-state index in [4.69, 9.17) is 19.2 Å². The van der Waals surface area contributed by atoms with E-state index in [-0.39, 0.29) is 0 Å². The average molecular weight is 535 g/mol. The standard InChI is InChI=1S/C28H30N4O5S/c1-35-27-18-21(8-11-26(27)37-17-14-32-12-15-36-16-13-32)25-19-29-24-5-3-4-23(28(24)30-25)20-6-9-22(10-7-20)31-38(2,33)34/h3-11,18-19,31H,12-17H2,1-2H3. The Balaban J connectivity index is 1.39. The first kappa shape index (κ1) is 25.9. The lowest BCUT2D eigenvalue weighted by molar-refractivity contribution is 0.0321. The van der Waals surface area contributed by atoms with Gasteiger partial charge in [-0.25, -0.2) is 13.4 Å². The Hall–Kier alpha value is -3.73. The van der Waals surface area contributed by atoms with Crippen LogP contribution in [0.5, 0.6) is 11.5 Å². The van der Waals surface area contributed by atoms with Gasteiger partial charge in [-0.15, -0.1) is 0 Å². The second-order valence-electron chi connectivity index (χ2n) is 9.05. The Morgan fingerprint density at radius 2 is 1.76 bits per heavy atom. The van der Waals surface area contributed by atoms with E-state index >= 15 is 0 Å². The number of nitrogens with zero attached hydrogens (tertiary/aromatic N) is 3. The summed E-state index contributed by atoms with van der Waals surface area (Å²) in [6, 6.07) is 18.8. The molecule has 0 saturated carbocycles. The van der Waals surface area contributed by atoms with Gasteiger partial charge in [-0.1, -0.05) is 24.3 Å². The highest BCUT2D eigenvalue weighted by molar-refractivity contribution is 7.92. The summed E-state index contributed by atoms with van der Waals surface area (Å²) in [5.74, 6) is 1.32. The van der Waals surface area contributed by atoms with Crippen LogP contribution in [0.2, 0.25) is 0 Å². The number of nitrogens with one attached hydrogen (secondary N) is 1. The Morgan fingerprint density at radius 1 is 1.00 bits per heavy atom. The van der Waals surface area contributed by atoms with Crippen molar-refractivity contribution in [2.75, 3.05) is 57.5 Å². The second-order valence-corrected chi connectivity index (χ2v) is 10.8. The van der Waals surface area contributed by atoms with Gasteiger partial charge in [0.15, 0.2) is 11.5 Å². The topological polar surface area (TPSA) is 103 Å². The minimum Gasteiger partial charge on any atom is -0.493 e. The number of morpholine rings is 1. The van der Waals surface area contributed by atoms with Crippen molar-refractivity contribution in [2.24, 2.45) is 0 Å². The van der Waals surface area contributed by atoms with Crippen molar-refractivity contribution in [1.29, 1.82) is 0 Å². The molecule has 4 aromatic rings. The van der Waals surface area contributed by atoms with Gasteiger partial charge in [0.1, 0.15) is 6.61 Å². The largest absolute Gasteiger partial charge is 0.493 e. The average Bonchev–Trinajstić information content (AvgIpc) is 2.93. The summed E-state index contributed by atoms with van der Waals surface area (Å²) in [6.45, 7) is 4.76. The molecule has 0 spiro atoms. The van der Waals surface area contributed by atoms with Crippen LogP contribution in [-0.4, -0.2) is 76.1 Å². The molecule has 1 N–H and O–H groups in total. The molecule has 1 saturated heterocycles. The lowest BCUT2D eigenvalue weighted by Gasteiger charge is -2.26. The van der Waals surface area contributed by atoms with Gasteiger partial charge in [-0.05, 0) is 42.0 Å². The molecule has 5 rings (SSSR count). The number of fused-ring (bicyclic) bond motifs is 1. The van der Waals surface area contributed by atoms with Crippen LogP contribution in [0.1, 0.15) is 0 Å². The Labute approximate surface area is 222 Å². The molecule has 0 atom stereocenters. The number of sulfonamides is 1. The zero-order chi connectivity index (χ0) is 26.5. The summed E-state index contributed by atoms with van der Waals surface area (Å²) >= 11 is 0. The molecule has 0 radical (unpaired) electrons. The minimum absolute atomic E-state index is 0.502. The normalized spacial score (nSPS) is 14.4. The highest BCUT2D eigenvalue weighted by Gasteiger charge is 2.14. The SMILES string of the molecule is COc1cc(-c2cnc3cccc(-c4ccc(NS(C)(=O)=O)cc4)c3n2)ccc1OCCN1CCOCC1. The third-order valence-electron chi connectivity index (χ3n) is 6.30. The van der Waals surface area contributed by atoms with Gasteiger partial charge in [-0.3, -0.25) is 14.6 Å². The van der Waals surface area contributed by atoms with Gasteiger partial charge < -0.3 is 14.2 Å². The highest BCUT2D eigenvalue weighted by Crippen LogP contribution is 2.34. The predicted octanol–water partition coefficient (Wildman–Crippen LogP) is 4.05. The van der Waals surface area contributed by atoms with Crippen molar-refractivity contribution < 1.29 is 22.6 Å². The van der Waals surface area contributed by atoms with Crippen LogP contribution >= 0.6 is 0 Å². The van der Waals surface area contributed by atoms with E-state index in [0.717, 1.165) is 66.8 Å². The number of benzene rings is 3. The van der Waals surface area contributed by atoms with Crippen LogP contribution in [0.25, 0.3) is 33.4 Å². The molecule has 0 amide bonds. The highest BCUT2D eigenvalue weighted by atomic mass is 32.2. The smallest absolute Gasteiger partial charge is 0.229 e. The van der Waals surface area contributed by atoms with Crippen LogP contribution in [0.4, 0.5) is 5.69 Å². The first-order valence-electron chi connectivity index (χ1n) is 12.3. The molecular weight excluding hydrogens is 504 g/mol. The minimum atomic E-state index is -3.34. The number of anilines is 1.